The number of benzene rings is 1. The van der Waals surface area contributed by atoms with Gasteiger partial charge in [0.1, 0.15) is 11.5 Å². The summed E-state index contributed by atoms with van der Waals surface area (Å²) in [5, 5.41) is 0. The first kappa shape index (κ1) is 12.1. The van der Waals surface area contributed by atoms with E-state index in [2.05, 4.69) is 0 Å². The van der Waals surface area contributed by atoms with E-state index >= 15 is 0 Å². The summed E-state index contributed by atoms with van der Waals surface area (Å²) in [5.74, 6) is 1.23. The number of rotatable bonds is 4. The van der Waals surface area contributed by atoms with E-state index in [1.165, 1.54) is 0 Å². The molecule has 1 aliphatic carbocycles. The molecule has 1 saturated carbocycles. The predicted octanol–water partition coefficient (Wildman–Crippen LogP) is 2.72. The third-order valence-electron chi connectivity index (χ3n) is 3.14. The monoisotopic (exact) mass is 234 g/mol. The normalized spacial score (nSPS) is 17.1. The lowest BCUT2D eigenvalue weighted by Crippen LogP contribution is -2.21. The average Bonchev–Trinajstić information content (AvgIpc) is 2.39. The summed E-state index contributed by atoms with van der Waals surface area (Å²) in [7, 11) is 1.66. The van der Waals surface area contributed by atoms with Gasteiger partial charge in [-0.1, -0.05) is 12.1 Å². The topological polar surface area (TPSA) is 35.5 Å². The highest BCUT2D eigenvalue weighted by molar-refractivity contribution is 5.79. The van der Waals surface area contributed by atoms with Gasteiger partial charge in [-0.3, -0.25) is 4.79 Å². The van der Waals surface area contributed by atoms with Gasteiger partial charge in [-0.25, -0.2) is 0 Å². The number of hydrogen-bond acceptors (Lipinski definition) is 3. The molecular weight excluding hydrogens is 216 g/mol. The minimum atomic E-state index is 0.245. The Kier molecular flexibility index (Phi) is 4.15. The Morgan fingerprint density at radius 3 is 2.41 bits per heavy atom. The van der Waals surface area contributed by atoms with Gasteiger partial charge in [0.05, 0.1) is 19.8 Å². The van der Waals surface area contributed by atoms with E-state index in [4.69, 9.17) is 9.47 Å². The molecule has 1 aromatic carbocycles. The quantitative estimate of drug-likeness (QED) is 0.803. The first-order chi connectivity index (χ1) is 8.28. The molecule has 0 heterocycles. The fraction of sp³-hybridized carbons (Fsp3) is 0.500. The molecule has 1 aromatic rings. The van der Waals surface area contributed by atoms with Crippen LogP contribution in [0.4, 0.5) is 0 Å². The Labute approximate surface area is 102 Å². The second-order valence-electron chi connectivity index (χ2n) is 4.40. The minimum Gasteiger partial charge on any atom is -0.497 e. The molecule has 0 aromatic heterocycles. The fourth-order valence-corrected chi connectivity index (χ4v) is 2.02. The van der Waals surface area contributed by atoms with Gasteiger partial charge in [0.25, 0.3) is 0 Å². The van der Waals surface area contributed by atoms with Crippen molar-refractivity contribution in [2.45, 2.75) is 38.4 Å². The number of ketones is 1. The molecule has 0 N–H and O–H groups in total. The first-order valence-corrected chi connectivity index (χ1v) is 6.04. The van der Waals surface area contributed by atoms with Gasteiger partial charge in [0, 0.05) is 12.8 Å². The van der Waals surface area contributed by atoms with Crippen LogP contribution in [-0.2, 0) is 16.1 Å². The standard InChI is InChI=1S/C14H18O3/c1-16-13-6-2-11(3-7-13)10-17-14-8-4-12(15)5-9-14/h2-3,6-7,14H,4-5,8-10H2,1H3. The summed E-state index contributed by atoms with van der Waals surface area (Å²) in [5.41, 5.74) is 1.14. The van der Waals surface area contributed by atoms with Gasteiger partial charge in [-0.2, -0.15) is 0 Å². The van der Waals surface area contributed by atoms with E-state index in [9.17, 15) is 4.79 Å². The molecule has 92 valence electrons. The summed E-state index contributed by atoms with van der Waals surface area (Å²) >= 11 is 0. The van der Waals surface area contributed by atoms with Crippen molar-refractivity contribution in [3.8, 4) is 5.75 Å². The number of methoxy groups -OCH3 is 1. The second-order valence-corrected chi connectivity index (χ2v) is 4.40. The van der Waals surface area contributed by atoms with Gasteiger partial charge in [0.15, 0.2) is 0 Å². The van der Waals surface area contributed by atoms with Crippen LogP contribution in [-0.4, -0.2) is 19.0 Å². The highest BCUT2D eigenvalue weighted by Crippen LogP contribution is 2.20. The van der Waals surface area contributed by atoms with Crippen LogP contribution in [0.3, 0.4) is 0 Å². The van der Waals surface area contributed by atoms with Crippen LogP contribution in [0.15, 0.2) is 24.3 Å². The maximum atomic E-state index is 11.1. The van der Waals surface area contributed by atoms with E-state index in [1.807, 2.05) is 24.3 Å². The Morgan fingerprint density at radius 2 is 1.82 bits per heavy atom. The average molecular weight is 234 g/mol. The number of carbonyl (C=O) groups excluding carboxylic acids is 1. The number of ether oxygens (including phenoxy) is 2. The van der Waals surface area contributed by atoms with Gasteiger partial charge in [0.2, 0.25) is 0 Å². The maximum absolute atomic E-state index is 11.1. The molecule has 0 radical (unpaired) electrons. The van der Waals surface area contributed by atoms with Crippen LogP contribution in [0, 0.1) is 0 Å². The Bertz CT molecular complexity index is 360. The van der Waals surface area contributed by atoms with Crippen molar-refractivity contribution in [3.63, 3.8) is 0 Å². The highest BCUT2D eigenvalue weighted by atomic mass is 16.5. The summed E-state index contributed by atoms with van der Waals surface area (Å²) < 4.78 is 10.9. The molecule has 1 fully saturated rings. The largest absolute Gasteiger partial charge is 0.497 e. The zero-order chi connectivity index (χ0) is 12.1. The lowest BCUT2D eigenvalue weighted by Gasteiger charge is -2.21. The molecule has 2 rings (SSSR count). The Balaban J connectivity index is 1.79. The molecule has 0 atom stereocenters. The van der Waals surface area contributed by atoms with E-state index < -0.39 is 0 Å². The van der Waals surface area contributed by atoms with E-state index in [-0.39, 0.29) is 6.10 Å². The van der Waals surface area contributed by atoms with Gasteiger partial charge in [-0.15, -0.1) is 0 Å². The minimum absolute atomic E-state index is 0.245. The van der Waals surface area contributed by atoms with Crippen LogP contribution in [0.2, 0.25) is 0 Å². The Morgan fingerprint density at radius 1 is 1.18 bits per heavy atom. The van der Waals surface area contributed by atoms with Gasteiger partial charge in [-0.05, 0) is 30.5 Å². The van der Waals surface area contributed by atoms with Crippen molar-refractivity contribution < 1.29 is 14.3 Å². The molecular formula is C14H18O3. The first-order valence-electron chi connectivity index (χ1n) is 6.04. The zero-order valence-corrected chi connectivity index (χ0v) is 10.1. The summed E-state index contributed by atoms with van der Waals surface area (Å²) in [6.07, 6.45) is 3.33. The maximum Gasteiger partial charge on any atom is 0.133 e. The van der Waals surface area contributed by atoms with Gasteiger partial charge < -0.3 is 9.47 Å². The van der Waals surface area contributed by atoms with E-state index in [0.29, 0.717) is 25.2 Å². The molecule has 0 saturated heterocycles. The highest BCUT2D eigenvalue weighted by Gasteiger charge is 2.18. The number of carbonyl (C=O) groups is 1. The summed E-state index contributed by atoms with van der Waals surface area (Å²) in [6, 6.07) is 7.88. The third kappa shape index (κ3) is 3.56. The second kappa shape index (κ2) is 5.82. The fourth-order valence-electron chi connectivity index (χ4n) is 2.02. The molecule has 0 unspecified atom stereocenters. The van der Waals surface area contributed by atoms with Crippen LogP contribution >= 0.6 is 0 Å². The molecule has 1 aliphatic rings. The lowest BCUT2D eigenvalue weighted by atomic mass is 9.96. The zero-order valence-electron chi connectivity index (χ0n) is 10.1. The molecule has 3 nitrogen and oxygen atoms in total. The smallest absolute Gasteiger partial charge is 0.133 e. The van der Waals surface area contributed by atoms with Crippen molar-refractivity contribution in [3.05, 3.63) is 29.8 Å². The molecule has 3 heteroatoms. The van der Waals surface area contributed by atoms with Crippen molar-refractivity contribution >= 4 is 5.78 Å². The lowest BCUT2D eigenvalue weighted by molar-refractivity contribution is -0.123. The molecule has 0 spiro atoms. The van der Waals surface area contributed by atoms with Gasteiger partial charge >= 0.3 is 0 Å². The Hall–Kier alpha value is -1.35. The summed E-state index contributed by atoms with van der Waals surface area (Å²) in [6.45, 7) is 0.614. The summed E-state index contributed by atoms with van der Waals surface area (Å²) in [4.78, 5) is 11.1. The van der Waals surface area contributed by atoms with Crippen LogP contribution in [0.1, 0.15) is 31.2 Å². The number of hydrogen-bond donors (Lipinski definition) is 0. The SMILES string of the molecule is COc1ccc(COC2CCC(=O)CC2)cc1. The molecule has 0 bridgehead atoms. The third-order valence-corrected chi connectivity index (χ3v) is 3.14. The van der Waals surface area contributed by atoms with Crippen molar-refractivity contribution in [2.75, 3.05) is 7.11 Å². The van der Waals surface area contributed by atoms with E-state index in [0.717, 1.165) is 24.2 Å². The number of Topliss-reactive ketones (excluding diaryl/α,β-unsaturated/α-hetero) is 1. The van der Waals surface area contributed by atoms with E-state index in [1.54, 1.807) is 7.11 Å². The van der Waals surface area contributed by atoms with Crippen molar-refractivity contribution in [2.24, 2.45) is 0 Å². The van der Waals surface area contributed by atoms with Crippen LogP contribution < -0.4 is 4.74 Å². The van der Waals surface area contributed by atoms with Crippen LogP contribution in [0.5, 0.6) is 5.75 Å². The molecule has 0 aliphatic heterocycles. The molecule has 17 heavy (non-hydrogen) atoms. The van der Waals surface area contributed by atoms with Crippen molar-refractivity contribution in [1.82, 2.24) is 0 Å². The molecule has 0 amide bonds. The van der Waals surface area contributed by atoms with Crippen molar-refractivity contribution in [1.29, 1.82) is 0 Å². The van der Waals surface area contributed by atoms with Crippen LogP contribution in [0.25, 0.3) is 0 Å². The predicted molar refractivity (Wildman–Crippen MR) is 65.0 cm³/mol.